The molecular weight excluding hydrogens is 368 g/mol. The maximum atomic E-state index is 12.6. The molecule has 0 radical (unpaired) electrons. The van der Waals surface area contributed by atoms with Crippen molar-refractivity contribution in [2.75, 3.05) is 31.5 Å². The lowest BCUT2D eigenvalue weighted by Gasteiger charge is -2.32. The van der Waals surface area contributed by atoms with Gasteiger partial charge in [-0.3, -0.25) is 9.59 Å². The first-order chi connectivity index (χ1) is 14.0. The van der Waals surface area contributed by atoms with Gasteiger partial charge in [-0.25, -0.2) is 4.79 Å². The van der Waals surface area contributed by atoms with Gasteiger partial charge in [-0.2, -0.15) is 0 Å². The van der Waals surface area contributed by atoms with Gasteiger partial charge in [-0.05, 0) is 69.2 Å². The minimum absolute atomic E-state index is 0.0683. The normalized spacial score (nSPS) is 19.9. The summed E-state index contributed by atoms with van der Waals surface area (Å²) in [5.41, 5.74) is 2.29. The molecule has 4 rings (SSSR count). The van der Waals surface area contributed by atoms with Crippen molar-refractivity contribution in [1.29, 1.82) is 0 Å². The standard InChI is InChI=1S/C22H30N4O3/c1-15-14-17(21(28)25-10-2-3-11-25)6-7-19(15)24-22(29)26-12-8-18(9-13-26)23-20(27)16-4-5-16/h6-7,14,16,18H,2-5,8-13H2,1H3,(H,23,27)(H,24,29). The fourth-order valence-electron chi connectivity index (χ4n) is 4.13. The maximum Gasteiger partial charge on any atom is 0.321 e. The van der Waals surface area contributed by atoms with Crippen molar-refractivity contribution in [3.8, 4) is 0 Å². The summed E-state index contributed by atoms with van der Waals surface area (Å²) in [6.45, 7) is 4.83. The molecule has 2 saturated heterocycles. The van der Waals surface area contributed by atoms with Crippen molar-refractivity contribution >= 4 is 23.5 Å². The van der Waals surface area contributed by atoms with E-state index in [2.05, 4.69) is 10.6 Å². The Balaban J connectivity index is 1.29. The topological polar surface area (TPSA) is 81.8 Å². The van der Waals surface area contributed by atoms with Crippen LogP contribution in [0.5, 0.6) is 0 Å². The van der Waals surface area contributed by atoms with Crippen LogP contribution in [-0.4, -0.2) is 59.9 Å². The number of urea groups is 1. The van der Waals surface area contributed by atoms with Crippen molar-refractivity contribution in [3.63, 3.8) is 0 Å². The summed E-state index contributed by atoms with van der Waals surface area (Å²) in [4.78, 5) is 40.8. The van der Waals surface area contributed by atoms with E-state index in [4.69, 9.17) is 0 Å². The number of nitrogens with zero attached hydrogens (tertiary/aromatic N) is 2. The van der Waals surface area contributed by atoms with Crippen molar-refractivity contribution in [2.24, 2.45) is 5.92 Å². The number of carbonyl (C=O) groups excluding carboxylic acids is 3. The molecule has 7 heteroatoms. The number of nitrogens with one attached hydrogen (secondary N) is 2. The first-order valence-electron chi connectivity index (χ1n) is 10.8. The molecule has 29 heavy (non-hydrogen) atoms. The number of likely N-dealkylation sites (tertiary alicyclic amines) is 2. The van der Waals surface area contributed by atoms with E-state index in [1.807, 2.05) is 24.0 Å². The number of carbonyl (C=O) groups is 3. The summed E-state index contributed by atoms with van der Waals surface area (Å²) in [5.74, 6) is 0.463. The van der Waals surface area contributed by atoms with Crippen molar-refractivity contribution in [3.05, 3.63) is 29.3 Å². The smallest absolute Gasteiger partial charge is 0.321 e. The highest BCUT2D eigenvalue weighted by Crippen LogP contribution is 2.29. The van der Waals surface area contributed by atoms with Crippen LogP contribution in [0, 0.1) is 12.8 Å². The zero-order valence-corrected chi connectivity index (χ0v) is 17.1. The molecule has 4 amide bonds. The molecule has 1 aromatic carbocycles. The number of piperidine rings is 1. The number of rotatable bonds is 4. The van der Waals surface area contributed by atoms with Gasteiger partial charge in [0.25, 0.3) is 5.91 Å². The molecule has 7 nitrogen and oxygen atoms in total. The molecule has 0 atom stereocenters. The Kier molecular flexibility index (Phi) is 5.74. The molecule has 3 aliphatic rings. The lowest BCUT2D eigenvalue weighted by atomic mass is 10.0. The van der Waals surface area contributed by atoms with E-state index < -0.39 is 0 Å². The van der Waals surface area contributed by atoms with Gasteiger partial charge in [0, 0.05) is 49.4 Å². The fourth-order valence-corrected chi connectivity index (χ4v) is 4.13. The van der Waals surface area contributed by atoms with Gasteiger partial charge in [0.1, 0.15) is 0 Å². The van der Waals surface area contributed by atoms with E-state index in [-0.39, 0.29) is 29.8 Å². The van der Waals surface area contributed by atoms with Gasteiger partial charge in [-0.1, -0.05) is 0 Å². The Morgan fingerprint density at radius 2 is 1.62 bits per heavy atom. The minimum atomic E-state index is -0.126. The maximum absolute atomic E-state index is 12.6. The van der Waals surface area contributed by atoms with Crippen LogP contribution in [0.4, 0.5) is 10.5 Å². The van der Waals surface area contributed by atoms with Crippen molar-refractivity contribution < 1.29 is 14.4 Å². The van der Waals surface area contributed by atoms with E-state index in [1.165, 1.54) is 0 Å². The van der Waals surface area contributed by atoms with Crippen LogP contribution in [0.15, 0.2) is 18.2 Å². The number of amides is 4. The molecule has 156 valence electrons. The zero-order chi connectivity index (χ0) is 20.4. The summed E-state index contributed by atoms with van der Waals surface area (Å²) in [6.07, 6.45) is 5.73. The van der Waals surface area contributed by atoms with Crippen molar-refractivity contribution in [2.45, 2.75) is 51.5 Å². The van der Waals surface area contributed by atoms with E-state index >= 15 is 0 Å². The van der Waals surface area contributed by atoms with E-state index in [0.717, 1.165) is 62.9 Å². The molecule has 2 heterocycles. The van der Waals surface area contributed by atoms with Gasteiger partial charge in [0.2, 0.25) is 5.91 Å². The van der Waals surface area contributed by atoms with Crippen LogP contribution in [0.3, 0.4) is 0 Å². The lowest BCUT2D eigenvalue weighted by molar-refractivity contribution is -0.123. The molecule has 1 aliphatic carbocycles. The van der Waals surface area contributed by atoms with Gasteiger partial charge in [-0.15, -0.1) is 0 Å². The van der Waals surface area contributed by atoms with Gasteiger partial charge in [0.05, 0.1) is 0 Å². The predicted octanol–water partition coefficient (Wildman–Crippen LogP) is 2.75. The monoisotopic (exact) mass is 398 g/mol. The van der Waals surface area contributed by atoms with Gasteiger partial charge >= 0.3 is 6.03 Å². The number of anilines is 1. The molecule has 0 bridgehead atoms. The van der Waals surface area contributed by atoms with E-state index in [9.17, 15) is 14.4 Å². The SMILES string of the molecule is Cc1cc(C(=O)N2CCCC2)ccc1NC(=O)N1CCC(NC(=O)C2CC2)CC1. The Bertz CT molecular complexity index is 791. The molecule has 0 aromatic heterocycles. The molecule has 0 unspecified atom stereocenters. The van der Waals surface area contributed by atoms with Crippen molar-refractivity contribution in [1.82, 2.24) is 15.1 Å². The third kappa shape index (κ3) is 4.71. The van der Waals surface area contributed by atoms with Crippen LogP contribution in [0.2, 0.25) is 0 Å². The molecule has 2 aliphatic heterocycles. The summed E-state index contributed by atoms with van der Waals surface area (Å²) in [7, 11) is 0. The Labute approximate surface area is 171 Å². The van der Waals surface area contributed by atoms with Crippen LogP contribution in [-0.2, 0) is 4.79 Å². The predicted molar refractivity (Wildman–Crippen MR) is 111 cm³/mol. The minimum Gasteiger partial charge on any atom is -0.353 e. The summed E-state index contributed by atoms with van der Waals surface area (Å²) < 4.78 is 0. The molecule has 1 aromatic rings. The molecule has 1 saturated carbocycles. The second-order valence-corrected chi connectivity index (χ2v) is 8.50. The average molecular weight is 399 g/mol. The van der Waals surface area contributed by atoms with Crippen LogP contribution in [0.25, 0.3) is 0 Å². The third-order valence-corrected chi connectivity index (χ3v) is 6.18. The molecule has 0 spiro atoms. The number of hydrogen-bond donors (Lipinski definition) is 2. The highest BCUT2D eigenvalue weighted by Gasteiger charge is 2.32. The fraction of sp³-hybridized carbons (Fsp3) is 0.591. The third-order valence-electron chi connectivity index (χ3n) is 6.18. The second kappa shape index (κ2) is 8.43. The van der Waals surface area contributed by atoms with Crippen LogP contribution < -0.4 is 10.6 Å². The number of aryl methyl sites for hydroxylation is 1. The summed E-state index contributed by atoms with van der Waals surface area (Å²) in [5, 5.41) is 6.08. The van der Waals surface area contributed by atoms with Crippen LogP contribution in [0.1, 0.15) is 54.4 Å². The summed E-state index contributed by atoms with van der Waals surface area (Å²) >= 11 is 0. The average Bonchev–Trinajstić information content (AvgIpc) is 3.44. The Morgan fingerprint density at radius 3 is 2.24 bits per heavy atom. The Hall–Kier alpha value is -2.57. The van der Waals surface area contributed by atoms with E-state index in [0.29, 0.717) is 18.7 Å². The van der Waals surface area contributed by atoms with E-state index in [1.54, 1.807) is 11.0 Å². The first-order valence-corrected chi connectivity index (χ1v) is 10.8. The van der Waals surface area contributed by atoms with Crippen LogP contribution >= 0.6 is 0 Å². The molecular formula is C22H30N4O3. The quantitative estimate of drug-likeness (QED) is 0.818. The highest BCUT2D eigenvalue weighted by atomic mass is 16.2. The number of benzene rings is 1. The molecule has 3 fully saturated rings. The van der Waals surface area contributed by atoms with Gasteiger partial charge in [0.15, 0.2) is 0 Å². The zero-order valence-electron chi connectivity index (χ0n) is 17.1. The largest absolute Gasteiger partial charge is 0.353 e. The second-order valence-electron chi connectivity index (χ2n) is 8.50. The number of hydrogen-bond acceptors (Lipinski definition) is 3. The molecule has 2 N–H and O–H groups in total. The Morgan fingerprint density at radius 1 is 0.931 bits per heavy atom. The van der Waals surface area contributed by atoms with Gasteiger partial charge < -0.3 is 20.4 Å². The lowest BCUT2D eigenvalue weighted by Crippen LogP contribution is -2.48. The highest BCUT2D eigenvalue weighted by molar-refractivity contribution is 5.96. The first kappa shape index (κ1) is 19.7. The summed E-state index contributed by atoms with van der Waals surface area (Å²) in [6, 6.07) is 5.52.